The van der Waals surface area contributed by atoms with Gasteiger partial charge in [-0.15, -0.1) is 0 Å². The molecule has 2 aliphatic rings. The SMILES string of the molecule is Cc1ccccc1N1CCN(c2ccc(C(=O)NCCCN3CCCC3=O)cc2NC(=O)c2ccccc2Cl)CC1. The quantitative estimate of drug-likeness (QED) is 0.353. The summed E-state index contributed by atoms with van der Waals surface area (Å²) in [6, 6.07) is 20.7. The number of nitrogens with zero attached hydrogens (tertiary/aromatic N) is 3. The molecule has 8 nitrogen and oxygen atoms in total. The zero-order chi connectivity index (χ0) is 28.8. The van der Waals surface area contributed by atoms with Crippen LogP contribution in [0.1, 0.15) is 45.5 Å². The molecule has 2 saturated heterocycles. The molecule has 2 fully saturated rings. The summed E-state index contributed by atoms with van der Waals surface area (Å²) in [5.74, 6) is -0.365. The second-order valence-electron chi connectivity index (χ2n) is 10.5. The van der Waals surface area contributed by atoms with Crippen molar-refractivity contribution in [3.8, 4) is 0 Å². The molecule has 2 heterocycles. The van der Waals surface area contributed by atoms with Crippen LogP contribution in [0.25, 0.3) is 0 Å². The van der Waals surface area contributed by atoms with E-state index in [9.17, 15) is 14.4 Å². The van der Waals surface area contributed by atoms with Gasteiger partial charge in [0, 0.05) is 63.5 Å². The van der Waals surface area contributed by atoms with Crippen molar-refractivity contribution in [2.75, 3.05) is 60.9 Å². The molecule has 0 spiro atoms. The monoisotopic (exact) mass is 573 g/mol. The molecule has 0 bridgehead atoms. The molecule has 0 radical (unpaired) electrons. The molecule has 0 atom stereocenters. The number of anilines is 3. The van der Waals surface area contributed by atoms with Gasteiger partial charge in [-0.1, -0.05) is 41.9 Å². The minimum Gasteiger partial charge on any atom is -0.368 e. The highest BCUT2D eigenvalue weighted by molar-refractivity contribution is 6.34. The van der Waals surface area contributed by atoms with Crippen LogP contribution in [0.2, 0.25) is 5.02 Å². The third kappa shape index (κ3) is 6.82. The fourth-order valence-electron chi connectivity index (χ4n) is 5.51. The maximum Gasteiger partial charge on any atom is 0.257 e. The number of hydrogen-bond acceptors (Lipinski definition) is 5. The fraction of sp³-hybridized carbons (Fsp3) is 0.344. The largest absolute Gasteiger partial charge is 0.368 e. The lowest BCUT2D eigenvalue weighted by molar-refractivity contribution is -0.127. The highest BCUT2D eigenvalue weighted by Gasteiger charge is 2.23. The first-order valence-electron chi connectivity index (χ1n) is 14.2. The van der Waals surface area contributed by atoms with Crippen molar-refractivity contribution in [2.45, 2.75) is 26.2 Å². The van der Waals surface area contributed by atoms with Gasteiger partial charge < -0.3 is 25.3 Å². The first kappa shape index (κ1) is 28.5. The summed E-state index contributed by atoms with van der Waals surface area (Å²) in [6.45, 7) is 7.24. The van der Waals surface area contributed by atoms with E-state index >= 15 is 0 Å². The van der Waals surface area contributed by atoms with Gasteiger partial charge in [-0.3, -0.25) is 14.4 Å². The van der Waals surface area contributed by atoms with Crippen LogP contribution in [0.3, 0.4) is 0 Å². The van der Waals surface area contributed by atoms with Crippen LogP contribution in [0.5, 0.6) is 0 Å². The number of carbonyl (C=O) groups is 3. The van der Waals surface area contributed by atoms with Crippen LogP contribution < -0.4 is 20.4 Å². The lowest BCUT2D eigenvalue weighted by atomic mass is 10.1. The molecule has 3 aromatic rings. The Morgan fingerprint density at radius 3 is 2.27 bits per heavy atom. The van der Waals surface area contributed by atoms with Gasteiger partial charge in [0.05, 0.1) is 22.0 Å². The van der Waals surface area contributed by atoms with Gasteiger partial charge >= 0.3 is 0 Å². The van der Waals surface area contributed by atoms with Gasteiger partial charge in [0.25, 0.3) is 11.8 Å². The van der Waals surface area contributed by atoms with Crippen molar-refractivity contribution in [1.29, 1.82) is 0 Å². The molecular formula is C32H36ClN5O3. The van der Waals surface area contributed by atoms with Crippen molar-refractivity contribution in [2.24, 2.45) is 0 Å². The number of halogens is 1. The Balaban J connectivity index is 1.30. The van der Waals surface area contributed by atoms with Crippen molar-refractivity contribution >= 4 is 46.4 Å². The van der Waals surface area contributed by atoms with Crippen LogP contribution in [0, 0.1) is 6.92 Å². The number of amides is 3. The Morgan fingerprint density at radius 1 is 0.854 bits per heavy atom. The summed E-state index contributed by atoms with van der Waals surface area (Å²) in [4.78, 5) is 44.6. The van der Waals surface area contributed by atoms with Crippen LogP contribution >= 0.6 is 11.6 Å². The molecule has 5 rings (SSSR count). The zero-order valence-electron chi connectivity index (χ0n) is 23.4. The van der Waals surface area contributed by atoms with Crippen molar-refractivity contribution in [3.05, 3.63) is 88.4 Å². The van der Waals surface area contributed by atoms with Crippen molar-refractivity contribution < 1.29 is 14.4 Å². The van der Waals surface area contributed by atoms with E-state index in [0.717, 1.165) is 44.8 Å². The smallest absolute Gasteiger partial charge is 0.257 e. The lowest BCUT2D eigenvalue weighted by Gasteiger charge is -2.38. The van der Waals surface area contributed by atoms with E-state index in [0.29, 0.717) is 47.8 Å². The Kier molecular flexibility index (Phi) is 9.09. The zero-order valence-corrected chi connectivity index (χ0v) is 24.1. The Hall–Kier alpha value is -4.04. The van der Waals surface area contributed by atoms with Crippen LogP contribution in [-0.2, 0) is 4.79 Å². The summed E-state index contributed by atoms with van der Waals surface area (Å²) in [7, 11) is 0. The third-order valence-corrected chi connectivity index (χ3v) is 8.09. The summed E-state index contributed by atoms with van der Waals surface area (Å²) >= 11 is 6.30. The Morgan fingerprint density at radius 2 is 1.56 bits per heavy atom. The van der Waals surface area contributed by atoms with E-state index in [2.05, 4.69) is 51.6 Å². The lowest BCUT2D eigenvalue weighted by Crippen LogP contribution is -2.47. The highest BCUT2D eigenvalue weighted by atomic mass is 35.5. The minimum absolute atomic E-state index is 0.186. The van der Waals surface area contributed by atoms with Gasteiger partial charge in [0.15, 0.2) is 0 Å². The second kappa shape index (κ2) is 13.1. The standard InChI is InChI=1S/C32H36ClN5O3/c1-23-8-2-5-11-28(23)36-18-20-37(21-19-36)29-14-13-24(31(40)34-15-7-17-38-16-6-12-30(38)39)22-27(29)35-32(41)25-9-3-4-10-26(25)33/h2-5,8-11,13-14,22H,6-7,12,15-21H2,1H3,(H,34,40)(H,35,41). The van der Waals surface area contributed by atoms with Gasteiger partial charge in [0.2, 0.25) is 5.91 Å². The molecule has 0 aromatic heterocycles. The number of carbonyl (C=O) groups excluding carboxylic acids is 3. The molecule has 2 N–H and O–H groups in total. The highest BCUT2D eigenvalue weighted by Crippen LogP contribution is 2.31. The third-order valence-electron chi connectivity index (χ3n) is 7.76. The molecule has 41 heavy (non-hydrogen) atoms. The van der Waals surface area contributed by atoms with Crippen LogP contribution in [-0.4, -0.2) is 68.4 Å². The van der Waals surface area contributed by atoms with E-state index in [4.69, 9.17) is 11.6 Å². The average Bonchev–Trinajstić information content (AvgIpc) is 3.40. The number of likely N-dealkylation sites (tertiary alicyclic amines) is 1. The molecular weight excluding hydrogens is 538 g/mol. The summed E-state index contributed by atoms with van der Waals surface area (Å²) in [5, 5.41) is 6.34. The number of benzene rings is 3. The molecule has 0 unspecified atom stereocenters. The molecule has 214 valence electrons. The van der Waals surface area contributed by atoms with Gasteiger partial charge in [-0.2, -0.15) is 0 Å². The predicted molar refractivity (Wildman–Crippen MR) is 164 cm³/mol. The van der Waals surface area contributed by atoms with Gasteiger partial charge in [0.1, 0.15) is 0 Å². The number of hydrogen-bond donors (Lipinski definition) is 2. The molecule has 3 amide bonds. The normalized spacial score (nSPS) is 15.3. The first-order valence-corrected chi connectivity index (χ1v) is 14.6. The van der Waals surface area contributed by atoms with E-state index in [-0.39, 0.29) is 17.7 Å². The van der Waals surface area contributed by atoms with E-state index < -0.39 is 0 Å². The average molecular weight is 574 g/mol. The van der Waals surface area contributed by atoms with Gasteiger partial charge in [-0.05, 0) is 61.7 Å². The van der Waals surface area contributed by atoms with E-state index in [1.165, 1.54) is 11.3 Å². The van der Waals surface area contributed by atoms with Gasteiger partial charge in [-0.25, -0.2) is 0 Å². The molecule has 9 heteroatoms. The van der Waals surface area contributed by atoms with Crippen LogP contribution in [0.15, 0.2) is 66.7 Å². The number of aryl methyl sites for hydroxylation is 1. The Labute approximate surface area is 246 Å². The Bertz CT molecular complexity index is 1420. The maximum absolute atomic E-state index is 13.2. The fourth-order valence-corrected chi connectivity index (χ4v) is 5.73. The summed E-state index contributed by atoms with van der Waals surface area (Å²) < 4.78 is 0. The maximum atomic E-state index is 13.2. The molecule has 2 aliphatic heterocycles. The number of rotatable bonds is 9. The topological polar surface area (TPSA) is 85.0 Å². The van der Waals surface area contributed by atoms with Crippen LogP contribution in [0.4, 0.5) is 17.1 Å². The molecule has 3 aromatic carbocycles. The first-order chi connectivity index (χ1) is 19.9. The van der Waals surface area contributed by atoms with Crippen molar-refractivity contribution in [1.82, 2.24) is 10.2 Å². The number of nitrogens with one attached hydrogen (secondary N) is 2. The predicted octanol–water partition coefficient (Wildman–Crippen LogP) is 4.97. The van der Waals surface area contributed by atoms with Crippen molar-refractivity contribution in [3.63, 3.8) is 0 Å². The number of para-hydroxylation sites is 1. The summed E-state index contributed by atoms with van der Waals surface area (Å²) in [5.41, 5.74) is 4.74. The second-order valence-corrected chi connectivity index (χ2v) is 10.9. The minimum atomic E-state index is -0.330. The molecule has 0 aliphatic carbocycles. The van der Waals surface area contributed by atoms with E-state index in [1.807, 2.05) is 11.0 Å². The summed E-state index contributed by atoms with van der Waals surface area (Å²) in [6.07, 6.45) is 2.21. The van der Waals surface area contributed by atoms with E-state index in [1.54, 1.807) is 36.4 Å². The molecule has 0 saturated carbocycles. The number of piperazine rings is 1.